The van der Waals surface area contributed by atoms with Crippen LogP contribution in [0.15, 0.2) is 18.2 Å². The number of benzene rings is 1. The Balaban J connectivity index is 2.18. The summed E-state index contributed by atoms with van der Waals surface area (Å²) in [5.74, 6) is 1.26. The second-order valence-corrected chi connectivity index (χ2v) is 4.64. The highest BCUT2D eigenvalue weighted by Crippen LogP contribution is 2.37. The van der Waals surface area contributed by atoms with E-state index in [-0.39, 0.29) is 5.69 Å². The molecule has 0 aliphatic heterocycles. The monoisotopic (exact) mass is 250 g/mol. The molecule has 98 valence electrons. The molecule has 0 heterocycles. The maximum Gasteiger partial charge on any atom is 0.273 e. The first-order valence-electron chi connectivity index (χ1n) is 6.24. The summed E-state index contributed by atoms with van der Waals surface area (Å²) in [6.07, 6.45) is 3.58. The van der Waals surface area contributed by atoms with Gasteiger partial charge in [-0.1, -0.05) is 6.92 Å². The van der Waals surface area contributed by atoms with Gasteiger partial charge in [-0.2, -0.15) is 0 Å². The number of nitro benzene ring substituents is 1. The van der Waals surface area contributed by atoms with Crippen LogP contribution in [0.4, 0.5) is 11.4 Å². The standard InChI is InChI=1S/C13H18N2O3/c1-3-11(9-4-5-9)14-12-7-6-10(15(16)17)8-13(12)18-2/h6-9,11,14H,3-5H2,1-2H3. The Kier molecular flexibility index (Phi) is 3.69. The second kappa shape index (κ2) is 5.25. The lowest BCUT2D eigenvalue weighted by molar-refractivity contribution is -0.384. The predicted molar refractivity (Wildman–Crippen MR) is 70.1 cm³/mol. The van der Waals surface area contributed by atoms with Crippen LogP contribution < -0.4 is 10.1 Å². The summed E-state index contributed by atoms with van der Waals surface area (Å²) < 4.78 is 5.21. The molecule has 5 nitrogen and oxygen atoms in total. The molecule has 0 bridgehead atoms. The van der Waals surface area contributed by atoms with Gasteiger partial charge in [0, 0.05) is 12.1 Å². The van der Waals surface area contributed by atoms with E-state index in [4.69, 9.17) is 4.74 Å². The molecule has 0 saturated heterocycles. The fourth-order valence-electron chi connectivity index (χ4n) is 2.16. The fourth-order valence-corrected chi connectivity index (χ4v) is 2.16. The minimum atomic E-state index is -0.412. The van der Waals surface area contributed by atoms with E-state index in [0.29, 0.717) is 11.8 Å². The van der Waals surface area contributed by atoms with Crippen molar-refractivity contribution in [2.75, 3.05) is 12.4 Å². The summed E-state index contributed by atoms with van der Waals surface area (Å²) in [4.78, 5) is 10.3. The van der Waals surface area contributed by atoms with E-state index in [1.54, 1.807) is 6.07 Å². The number of ether oxygens (including phenoxy) is 1. The maximum absolute atomic E-state index is 10.7. The van der Waals surface area contributed by atoms with E-state index < -0.39 is 4.92 Å². The van der Waals surface area contributed by atoms with Crippen LogP contribution in [0, 0.1) is 16.0 Å². The number of rotatable bonds is 6. The van der Waals surface area contributed by atoms with Gasteiger partial charge in [0.05, 0.1) is 23.8 Å². The summed E-state index contributed by atoms with van der Waals surface area (Å²) in [6, 6.07) is 5.12. The number of nitrogens with zero attached hydrogens (tertiary/aromatic N) is 1. The van der Waals surface area contributed by atoms with Gasteiger partial charge in [-0.25, -0.2) is 0 Å². The summed E-state index contributed by atoms with van der Waals surface area (Å²) in [7, 11) is 1.53. The largest absolute Gasteiger partial charge is 0.494 e. The van der Waals surface area contributed by atoms with Crippen LogP contribution >= 0.6 is 0 Å². The molecule has 1 fully saturated rings. The smallest absolute Gasteiger partial charge is 0.273 e. The van der Waals surface area contributed by atoms with Gasteiger partial charge in [0.2, 0.25) is 0 Å². The van der Waals surface area contributed by atoms with Crippen LogP contribution in [0.1, 0.15) is 26.2 Å². The topological polar surface area (TPSA) is 64.4 Å². The minimum absolute atomic E-state index is 0.0527. The number of hydrogen-bond acceptors (Lipinski definition) is 4. The Morgan fingerprint density at radius 3 is 2.78 bits per heavy atom. The fraction of sp³-hybridized carbons (Fsp3) is 0.538. The summed E-state index contributed by atoms with van der Waals surface area (Å²) in [5.41, 5.74) is 0.888. The van der Waals surface area contributed by atoms with Crippen molar-refractivity contribution in [1.82, 2.24) is 0 Å². The molecule has 0 amide bonds. The Morgan fingerprint density at radius 1 is 1.56 bits per heavy atom. The van der Waals surface area contributed by atoms with Crippen molar-refractivity contribution < 1.29 is 9.66 Å². The van der Waals surface area contributed by atoms with Crippen LogP contribution in [0.25, 0.3) is 0 Å². The lowest BCUT2D eigenvalue weighted by Crippen LogP contribution is -2.21. The van der Waals surface area contributed by atoms with E-state index in [1.165, 1.54) is 32.1 Å². The van der Waals surface area contributed by atoms with Gasteiger partial charge >= 0.3 is 0 Å². The summed E-state index contributed by atoms with van der Waals surface area (Å²) in [5, 5.41) is 14.1. The van der Waals surface area contributed by atoms with Crippen molar-refractivity contribution in [3.8, 4) is 5.75 Å². The second-order valence-electron chi connectivity index (χ2n) is 4.64. The van der Waals surface area contributed by atoms with Crippen LogP contribution in [-0.4, -0.2) is 18.1 Å². The van der Waals surface area contributed by atoms with Gasteiger partial charge in [-0.15, -0.1) is 0 Å². The molecule has 1 aromatic carbocycles. The molecule has 0 aromatic heterocycles. The predicted octanol–water partition coefficient (Wildman–Crippen LogP) is 3.20. The molecule has 1 atom stereocenters. The molecule has 1 aliphatic rings. The molecule has 2 rings (SSSR count). The van der Waals surface area contributed by atoms with Gasteiger partial charge in [0.1, 0.15) is 5.75 Å². The van der Waals surface area contributed by atoms with Crippen molar-refractivity contribution in [2.45, 2.75) is 32.2 Å². The molecule has 0 spiro atoms. The number of anilines is 1. The highest BCUT2D eigenvalue weighted by Gasteiger charge is 2.30. The van der Waals surface area contributed by atoms with Crippen LogP contribution in [-0.2, 0) is 0 Å². The SMILES string of the molecule is CCC(Nc1ccc([N+](=O)[O-])cc1OC)C1CC1. The van der Waals surface area contributed by atoms with Crippen molar-refractivity contribution in [2.24, 2.45) is 5.92 Å². The zero-order valence-electron chi connectivity index (χ0n) is 10.7. The first kappa shape index (κ1) is 12.7. The van der Waals surface area contributed by atoms with Crippen molar-refractivity contribution in [1.29, 1.82) is 0 Å². The van der Waals surface area contributed by atoms with Crippen LogP contribution in [0.5, 0.6) is 5.75 Å². The lowest BCUT2D eigenvalue weighted by Gasteiger charge is -2.19. The van der Waals surface area contributed by atoms with E-state index in [2.05, 4.69) is 12.2 Å². The Bertz CT molecular complexity index is 444. The average molecular weight is 250 g/mol. The normalized spacial score (nSPS) is 16.1. The number of hydrogen-bond donors (Lipinski definition) is 1. The quantitative estimate of drug-likeness (QED) is 0.622. The van der Waals surface area contributed by atoms with Crippen LogP contribution in [0.3, 0.4) is 0 Å². The van der Waals surface area contributed by atoms with E-state index in [1.807, 2.05) is 0 Å². The first-order valence-corrected chi connectivity index (χ1v) is 6.24. The van der Waals surface area contributed by atoms with Crippen molar-refractivity contribution in [3.05, 3.63) is 28.3 Å². The summed E-state index contributed by atoms with van der Waals surface area (Å²) in [6.45, 7) is 2.15. The van der Waals surface area contributed by atoms with Gasteiger partial charge in [-0.3, -0.25) is 10.1 Å². The van der Waals surface area contributed by atoms with Crippen molar-refractivity contribution in [3.63, 3.8) is 0 Å². The van der Waals surface area contributed by atoms with Crippen LogP contribution in [0.2, 0.25) is 0 Å². The molecule has 1 saturated carbocycles. The molecule has 1 unspecified atom stereocenters. The van der Waals surface area contributed by atoms with Gasteiger partial charge in [0.15, 0.2) is 0 Å². The molecule has 1 N–H and O–H groups in total. The highest BCUT2D eigenvalue weighted by molar-refractivity contribution is 5.61. The number of nitro groups is 1. The van der Waals surface area contributed by atoms with E-state index in [9.17, 15) is 10.1 Å². The molecular formula is C13H18N2O3. The molecule has 1 aliphatic carbocycles. The van der Waals surface area contributed by atoms with E-state index in [0.717, 1.165) is 18.0 Å². The molecular weight excluding hydrogens is 232 g/mol. The number of nitrogens with one attached hydrogen (secondary N) is 1. The van der Waals surface area contributed by atoms with Crippen molar-refractivity contribution >= 4 is 11.4 Å². The molecule has 18 heavy (non-hydrogen) atoms. The third-order valence-electron chi connectivity index (χ3n) is 3.37. The van der Waals surface area contributed by atoms with E-state index >= 15 is 0 Å². The maximum atomic E-state index is 10.7. The summed E-state index contributed by atoms with van der Waals surface area (Å²) >= 11 is 0. The molecule has 1 aromatic rings. The number of non-ortho nitro benzene ring substituents is 1. The zero-order valence-corrected chi connectivity index (χ0v) is 10.7. The minimum Gasteiger partial charge on any atom is -0.494 e. The van der Waals surface area contributed by atoms with Gasteiger partial charge < -0.3 is 10.1 Å². The average Bonchev–Trinajstić information content (AvgIpc) is 3.20. The third kappa shape index (κ3) is 2.72. The molecule has 5 heteroatoms. The Hall–Kier alpha value is -1.78. The lowest BCUT2D eigenvalue weighted by atomic mass is 10.1. The zero-order chi connectivity index (χ0) is 13.1. The van der Waals surface area contributed by atoms with Gasteiger partial charge in [-0.05, 0) is 31.2 Å². The van der Waals surface area contributed by atoms with Gasteiger partial charge in [0.25, 0.3) is 5.69 Å². The first-order chi connectivity index (χ1) is 8.65. The third-order valence-corrected chi connectivity index (χ3v) is 3.37. The number of methoxy groups -OCH3 is 1. The highest BCUT2D eigenvalue weighted by atomic mass is 16.6. The Labute approximate surface area is 106 Å². The molecule has 0 radical (unpaired) electrons. The Morgan fingerprint density at radius 2 is 2.28 bits per heavy atom.